The smallest absolute Gasteiger partial charge is 0.165 e. The molecule has 5 atom stereocenters. The summed E-state index contributed by atoms with van der Waals surface area (Å²) in [4.78, 5) is 5.35. The number of rotatable bonds is 12. The number of piperidine rings is 1. The van der Waals surface area contributed by atoms with Crippen molar-refractivity contribution in [2.75, 3.05) is 26.2 Å². The van der Waals surface area contributed by atoms with Crippen LogP contribution in [0.5, 0.6) is 11.5 Å². The Morgan fingerprint density at radius 3 is 2.59 bits per heavy atom. The Balaban J connectivity index is 1.11. The standard InChI is InChI=1S/C36H50N2O3/c1-25(2)23-37(20-9-4-3-6-10-26-11-7-5-8-12-26)29-17-18-36(40)31-22-28-15-16-30(39)33-32(28)35(36,34(29)41-33)19-21-38(31)24-27-13-14-27/h5,7-8,11-12,15-16,25,27,29,31,34,39-40H,3-4,6,9-10,13-14,17-24H2,1-2H3/t29?,31-,34?,35+,36?/m1/s1. The third-order valence-corrected chi connectivity index (χ3v) is 11.3. The molecule has 1 spiro atoms. The molecule has 0 radical (unpaired) electrons. The SMILES string of the molecule is CC(C)CN(CCCCCCc1ccccc1)C1CCC2(O)[C@H]3Cc4ccc(O)c5c4[C@@]2(CCN3CC2CC2)C1O5. The predicted molar refractivity (Wildman–Crippen MR) is 164 cm³/mol. The van der Waals surface area contributed by atoms with E-state index in [-0.39, 0.29) is 23.9 Å². The van der Waals surface area contributed by atoms with Crippen molar-refractivity contribution in [2.45, 2.75) is 114 Å². The van der Waals surface area contributed by atoms with Crippen LogP contribution in [-0.4, -0.2) is 70.0 Å². The summed E-state index contributed by atoms with van der Waals surface area (Å²) in [7, 11) is 0. The number of hydrogen-bond donors (Lipinski definition) is 2. The number of likely N-dealkylation sites (tertiary alicyclic amines) is 1. The van der Waals surface area contributed by atoms with Gasteiger partial charge in [0, 0.05) is 30.7 Å². The Hall–Kier alpha value is -2.08. The van der Waals surface area contributed by atoms with Crippen LogP contribution in [0.15, 0.2) is 42.5 Å². The second kappa shape index (κ2) is 10.9. The van der Waals surface area contributed by atoms with Gasteiger partial charge in [-0.25, -0.2) is 0 Å². The molecule has 3 unspecified atom stereocenters. The Morgan fingerprint density at radius 1 is 1.00 bits per heavy atom. The maximum atomic E-state index is 12.8. The number of ether oxygens (including phenoxy) is 1. The molecule has 2 aromatic rings. The molecule has 0 aromatic heterocycles. The molecule has 2 aliphatic heterocycles. The van der Waals surface area contributed by atoms with Gasteiger partial charge in [0.15, 0.2) is 11.5 Å². The molecule has 3 aliphatic carbocycles. The molecule has 5 nitrogen and oxygen atoms in total. The van der Waals surface area contributed by atoms with Crippen LogP contribution in [0.25, 0.3) is 0 Å². The first-order valence-corrected chi connectivity index (χ1v) is 16.7. The predicted octanol–water partition coefficient (Wildman–Crippen LogP) is 6.09. The summed E-state index contributed by atoms with van der Waals surface area (Å²) in [5.74, 6) is 2.31. The highest BCUT2D eigenvalue weighted by molar-refractivity contribution is 5.62. The number of nitrogens with zero attached hydrogens (tertiary/aromatic N) is 2. The summed E-state index contributed by atoms with van der Waals surface area (Å²) in [6.07, 6.45) is 12.3. The number of hydrogen-bond acceptors (Lipinski definition) is 5. The molecule has 2 saturated carbocycles. The van der Waals surface area contributed by atoms with E-state index in [1.807, 2.05) is 6.07 Å². The van der Waals surface area contributed by atoms with E-state index in [0.717, 1.165) is 63.3 Å². The lowest BCUT2D eigenvalue weighted by molar-refractivity contribution is -0.201. The van der Waals surface area contributed by atoms with Crippen molar-refractivity contribution < 1.29 is 14.9 Å². The third kappa shape index (κ3) is 4.71. The second-order valence-electron chi connectivity index (χ2n) is 14.4. The highest BCUT2D eigenvalue weighted by Crippen LogP contribution is 2.66. The average Bonchev–Trinajstić information content (AvgIpc) is 3.70. The first-order chi connectivity index (χ1) is 19.9. The molecule has 7 rings (SSSR count). The van der Waals surface area contributed by atoms with Gasteiger partial charge in [-0.05, 0) is 99.9 Å². The Kier molecular flexibility index (Phi) is 7.36. The number of unbranched alkanes of at least 4 members (excludes halogenated alkanes) is 3. The van der Waals surface area contributed by atoms with Crippen molar-refractivity contribution in [3.05, 3.63) is 59.2 Å². The van der Waals surface area contributed by atoms with E-state index < -0.39 is 11.0 Å². The fourth-order valence-corrected chi connectivity index (χ4v) is 9.33. The summed E-state index contributed by atoms with van der Waals surface area (Å²) in [5.41, 5.74) is 2.67. The zero-order valence-electron chi connectivity index (χ0n) is 25.2. The van der Waals surface area contributed by atoms with Crippen LogP contribution in [0.2, 0.25) is 0 Å². The number of benzene rings is 2. The van der Waals surface area contributed by atoms with Gasteiger partial charge in [-0.3, -0.25) is 9.80 Å². The van der Waals surface area contributed by atoms with Crippen LogP contribution in [0.4, 0.5) is 0 Å². The molecular weight excluding hydrogens is 508 g/mol. The molecule has 1 saturated heterocycles. The van der Waals surface area contributed by atoms with E-state index in [4.69, 9.17) is 4.74 Å². The molecule has 5 aliphatic rings. The van der Waals surface area contributed by atoms with Crippen LogP contribution in [0, 0.1) is 11.8 Å². The lowest BCUT2D eigenvalue weighted by Crippen LogP contribution is -2.78. The Bertz CT molecular complexity index is 1230. The fraction of sp³-hybridized carbons (Fsp3) is 0.667. The van der Waals surface area contributed by atoms with E-state index in [0.29, 0.717) is 11.7 Å². The molecule has 2 aromatic carbocycles. The van der Waals surface area contributed by atoms with Crippen LogP contribution in [0.3, 0.4) is 0 Å². The Labute approximate surface area is 246 Å². The monoisotopic (exact) mass is 558 g/mol. The third-order valence-electron chi connectivity index (χ3n) is 11.3. The van der Waals surface area contributed by atoms with Gasteiger partial charge in [0.1, 0.15) is 6.10 Å². The lowest BCUT2D eigenvalue weighted by Gasteiger charge is -2.65. The van der Waals surface area contributed by atoms with Gasteiger partial charge in [0.05, 0.1) is 11.0 Å². The highest BCUT2D eigenvalue weighted by Gasteiger charge is 2.73. The summed E-state index contributed by atoms with van der Waals surface area (Å²) >= 11 is 0. The quantitative estimate of drug-likeness (QED) is 0.309. The molecule has 2 N–H and O–H groups in total. The first-order valence-electron chi connectivity index (χ1n) is 16.7. The summed E-state index contributed by atoms with van der Waals surface area (Å²) in [6.45, 7) is 8.93. The summed E-state index contributed by atoms with van der Waals surface area (Å²) < 4.78 is 6.90. The van der Waals surface area contributed by atoms with Crippen LogP contribution in [0.1, 0.15) is 88.3 Å². The van der Waals surface area contributed by atoms with Gasteiger partial charge in [-0.1, -0.05) is 63.1 Å². The van der Waals surface area contributed by atoms with E-state index in [1.165, 1.54) is 56.1 Å². The van der Waals surface area contributed by atoms with Crippen LogP contribution < -0.4 is 4.74 Å². The van der Waals surface area contributed by atoms with Gasteiger partial charge < -0.3 is 14.9 Å². The number of aromatic hydroxyl groups is 1. The number of phenolic OH excluding ortho intramolecular Hbond substituents is 1. The Morgan fingerprint density at radius 2 is 1.80 bits per heavy atom. The van der Waals surface area contributed by atoms with Crippen molar-refractivity contribution in [3.63, 3.8) is 0 Å². The maximum absolute atomic E-state index is 12.8. The fourth-order valence-electron chi connectivity index (χ4n) is 9.33. The van der Waals surface area contributed by atoms with Gasteiger partial charge >= 0.3 is 0 Å². The minimum atomic E-state index is -0.797. The van der Waals surface area contributed by atoms with Crippen LogP contribution in [-0.2, 0) is 18.3 Å². The van der Waals surface area contributed by atoms with Gasteiger partial charge in [0.25, 0.3) is 0 Å². The maximum Gasteiger partial charge on any atom is 0.165 e. The normalized spacial score (nSPS) is 31.9. The first kappa shape index (κ1) is 27.7. The summed E-state index contributed by atoms with van der Waals surface area (Å²) in [6, 6.07) is 15.2. The molecule has 0 amide bonds. The van der Waals surface area contributed by atoms with E-state index in [1.54, 1.807) is 0 Å². The topological polar surface area (TPSA) is 56.2 Å². The van der Waals surface area contributed by atoms with Gasteiger partial charge in [-0.15, -0.1) is 0 Å². The summed E-state index contributed by atoms with van der Waals surface area (Å²) in [5, 5.41) is 23.8. The number of aryl methyl sites for hydroxylation is 1. The van der Waals surface area contributed by atoms with Crippen molar-refractivity contribution in [3.8, 4) is 11.5 Å². The molecule has 2 heterocycles. The van der Waals surface area contributed by atoms with Crippen molar-refractivity contribution in [1.82, 2.24) is 9.80 Å². The average molecular weight is 559 g/mol. The van der Waals surface area contributed by atoms with E-state index in [2.05, 4.69) is 60.0 Å². The van der Waals surface area contributed by atoms with E-state index in [9.17, 15) is 10.2 Å². The zero-order chi connectivity index (χ0) is 28.2. The molecule has 5 heteroatoms. The highest BCUT2D eigenvalue weighted by atomic mass is 16.5. The number of phenols is 1. The molecule has 2 bridgehead atoms. The lowest BCUT2D eigenvalue weighted by atomic mass is 9.48. The zero-order valence-corrected chi connectivity index (χ0v) is 25.2. The van der Waals surface area contributed by atoms with Crippen molar-refractivity contribution in [1.29, 1.82) is 0 Å². The largest absolute Gasteiger partial charge is 0.504 e. The molecule has 41 heavy (non-hydrogen) atoms. The van der Waals surface area contributed by atoms with E-state index >= 15 is 0 Å². The minimum absolute atomic E-state index is 0.106. The van der Waals surface area contributed by atoms with Gasteiger partial charge in [0.2, 0.25) is 0 Å². The van der Waals surface area contributed by atoms with Gasteiger partial charge in [-0.2, -0.15) is 0 Å². The van der Waals surface area contributed by atoms with Crippen molar-refractivity contribution >= 4 is 0 Å². The van der Waals surface area contributed by atoms with Crippen molar-refractivity contribution in [2.24, 2.45) is 11.8 Å². The molecular formula is C36H50N2O3. The molecule has 222 valence electrons. The second-order valence-corrected chi connectivity index (χ2v) is 14.4. The number of aliphatic hydroxyl groups is 1. The van der Waals surface area contributed by atoms with Crippen LogP contribution >= 0.6 is 0 Å². The minimum Gasteiger partial charge on any atom is -0.504 e. The molecule has 3 fully saturated rings.